The molecule has 0 saturated carbocycles. The lowest BCUT2D eigenvalue weighted by atomic mass is 10.1. The lowest BCUT2D eigenvalue weighted by Gasteiger charge is -2.14. The van der Waals surface area contributed by atoms with Crippen LogP contribution in [0.4, 0.5) is 13.2 Å². The van der Waals surface area contributed by atoms with E-state index in [0.717, 1.165) is 18.2 Å². The van der Waals surface area contributed by atoms with E-state index in [1.807, 2.05) is 0 Å². The average molecular weight is 267 g/mol. The third-order valence-corrected chi connectivity index (χ3v) is 2.58. The Morgan fingerprint density at radius 1 is 0.947 bits per heavy atom. The molecule has 0 saturated heterocycles. The van der Waals surface area contributed by atoms with Crippen LogP contribution in [0.5, 0.6) is 11.5 Å². The molecule has 2 aromatic carbocycles. The summed E-state index contributed by atoms with van der Waals surface area (Å²) in [5.74, 6) is -1.88. The van der Waals surface area contributed by atoms with Gasteiger partial charge in [-0.15, -0.1) is 0 Å². The maximum atomic E-state index is 13.5. The van der Waals surface area contributed by atoms with Gasteiger partial charge in [0.1, 0.15) is 17.4 Å². The van der Waals surface area contributed by atoms with Crippen molar-refractivity contribution in [3.05, 3.63) is 59.4 Å². The molecular weight excluding hydrogens is 255 g/mol. The fourth-order valence-electron chi connectivity index (χ4n) is 1.64. The molecule has 0 amide bonds. The van der Waals surface area contributed by atoms with E-state index in [1.165, 1.54) is 18.2 Å². The molecule has 2 N–H and O–H groups in total. The van der Waals surface area contributed by atoms with E-state index < -0.39 is 23.5 Å². The van der Waals surface area contributed by atoms with Gasteiger partial charge in [0.05, 0.1) is 0 Å². The molecule has 0 aliphatic rings. The summed E-state index contributed by atoms with van der Waals surface area (Å²) in [5, 5.41) is 0. The first kappa shape index (κ1) is 13.4. The zero-order valence-electron chi connectivity index (χ0n) is 10.2. The van der Waals surface area contributed by atoms with E-state index in [4.69, 9.17) is 10.5 Å². The highest BCUT2D eigenvalue weighted by atomic mass is 19.1. The van der Waals surface area contributed by atoms with Crippen molar-refractivity contribution in [1.29, 1.82) is 0 Å². The molecule has 0 aromatic heterocycles. The van der Waals surface area contributed by atoms with E-state index in [-0.39, 0.29) is 11.5 Å². The molecule has 2 rings (SSSR count). The average Bonchev–Trinajstić information content (AvgIpc) is 2.35. The summed E-state index contributed by atoms with van der Waals surface area (Å²) in [6.45, 7) is 1.64. The molecule has 0 aliphatic carbocycles. The summed E-state index contributed by atoms with van der Waals surface area (Å²) in [5.41, 5.74) is 6.07. The highest BCUT2D eigenvalue weighted by molar-refractivity contribution is 5.40. The van der Waals surface area contributed by atoms with E-state index in [1.54, 1.807) is 6.92 Å². The van der Waals surface area contributed by atoms with Crippen molar-refractivity contribution in [2.24, 2.45) is 5.73 Å². The highest BCUT2D eigenvalue weighted by Gasteiger charge is 2.13. The fraction of sp³-hybridized carbons (Fsp3) is 0.143. The smallest absolute Gasteiger partial charge is 0.165 e. The summed E-state index contributed by atoms with van der Waals surface area (Å²) >= 11 is 0. The number of nitrogens with two attached hydrogens (primary N) is 1. The molecule has 2 aromatic rings. The molecule has 0 unspecified atom stereocenters. The number of rotatable bonds is 3. The van der Waals surface area contributed by atoms with Gasteiger partial charge in [0.15, 0.2) is 11.6 Å². The SMILES string of the molecule is C[C@H](N)c1cc(F)ccc1Oc1cc(F)ccc1F. The van der Waals surface area contributed by atoms with Crippen molar-refractivity contribution >= 4 is 0 Å². The molecule has 100 valence electrons. The zero-order valence-corrected chi connectivity index (χ0v) is 10.2. The minimum atomic E-state index is -0.707. The van der Waals surface area contributed by atoms with Crippen molar-refractivity contribution in [1.82, 2.24) is 0 Å². The van der Waals surface area contributed by atoms with Gasteiger partial charge in [0.25, 0.3) is 0 Å². The summed E-state index contributed by atoms with van der Waals surface area (Å²) in [6.07, 6.45) is 0. The summed E-state index contributed by atoms with van der Waals surface area (Å²) in [7, 11) is 0. The Bertz CT molecular complexity index is 599. The van der Waals surface area contributed by atoms with Gasteiger partial charge >= 0.3 is 0 Å². The van der Waals surface area contributed by atoms with Crippen LogP contribution < -0.4 is 10.5 Å². The first-order valence-corrected chi connectivity index (χ1v) is 5.65. The first-order chi connectivity index (χ1) is 8.97. The van der Waals surface area contributed by atoms with Crippen LogP contribution >= 0.6 is 0 Å². The molecule has 2 nitrogen and oxygen atoms in total. The Balaban J connectivity index is 2.40. The molecule has 0 bridgehead atoms. The predicted octanol–water partition coefficient (Wildman–Crippen LogP) is 3.92. The fourth-order valence-corrected chi connectivity index (χ4v) is 1.64. The number of hydrogen-bond acceptors (Lipinski definition) is 2. The maximum Gasteiger partial charge on any atom is 0.165 e. The Hall–Kier alpha value is -2.01. The van der Waals surface area contributed by atoms with Gasteiger partial charge in [-0.1, -0.05) is 0 Å². The molecule has 0 aliphatic heterocycles. The van der Waals surface area contributed by atoms with Crippen molar-refractivity contribution < 1.29 is 17.9 Å². The van der Waals surface area contributed by atoms with Gasteiger partial charge in [-0.05, 0) is 37.3 Å². The Morgan fingerprint density at radius 3 is 2.26 bits per heavy atom. The Morgan fingerprint density at radius 2 is 1.58 bits per heavy atom. The van der Waals surface area contributed by atoms with Crippen LogP contribution in [0.1, 0.15) is 18.5 Å². The third-order valence-electron chi connectivity index (χ3n) is 2.58. The molecule has 0 heterocycles. The van der Waals surface area contributed by atoms with Crippen LogP contribution in [-0.2, 0) is 0 Å². The lowest BCUT2D eigenvalue weighted by Crippen LogP contribution is -2.07. The molecule has 0 radical (unpaired) electrons. The van der Waals surface area contributed by atoms with Crippen LogP contribution in [0.3, 0.4) is 0 Å². The van der Waals surface area contributed by atoms with Gasteiger partial charge in [0, 0.05) is 17.7 Å². The van der Waals surface area contributed by atoms with Crippen molar-refractivity contribution in [2.75, 3.05) is 0 Å². The van der Waals surface area contributed by atoms with E-state index in [0.29, 0.717) is 5.56 Å². The molecule has 5 heteroatoms. The van der Waals surface area contributed by atoms with E-state index >= 15 is 0 Å². The number of hydrogen-bond donors (Lipinski definition) is 1. The predicted molar refractivity (Wildman–Crippen MR) is 65.4 cm³/mol. The third kappa shape index (κ3) is 3.06. The summed E-state index contributed by atoms with van der Waals surface area (Å²) in [6, 6.07) is 6.07. The number of ether oxygens (including phenoxy) is 1. The monoisotopic (exact) mass is 267 g/mol. The second kappa shape index (κ2) is 5.32. The zero-order chi connectivity index (χ0) is 14.0. The molecule has 19 heavy (non-hydrogen) atoms. The molecule has 0 fully saturated rings. The van der Waals surface area contributed by atoms with Gasteiger partial charge in [-0.25, -0.2) is 13.2 Å². The van der Waals surface area contributed by atoms with Gasteiger partial charge < -0.3 is 10.5 Å². The maximum absolute atomic E-state index is 13.5. The van der Waals surface area contributed by atoms with Gasteiger partial charge in [-0.3, -0.25) is 0 Å². The largest absolute Gasteiger partial charge is 0.454 e. The van der Waals surface area contributed by atoms with E-state index in [2.05, 4.69) is 0 Å². The normalized spacial score (nSPS) is 12.3. The van der Waals surface area contributed by atoms with Crippen LogP contribution in [0, 0.1) is 17.5 Å². The minimum Gasteiger partial charge on any atom is -0.454 e. The van der Waals surface area contributed by atoms with Crippen molar-refractivity contribution in [2.45, 2.75) is 13.0 Å². The lowest BCUT2D eigenvalue weighted by molar-refractivity contribution is 0.428. The standard InChI is InChI=1S/C14H12F3NO/c1-8(18)11-6-9(15)3-5-13(11)19-14-7-10(16)2-4-12(14)17/h2-8H,18H2,1H3/t8-/m0/s1. The summed E-state index contributed by atoms with van der Waals surface area (Å²) in [4.78, 5) is 0. The summed E-state index contributed by atoms with van der Waals surface area (Å²) < 4.78 is 44.9. The minimum absolute atomic E-state index is 0.195. The van der Waals surface area contributed by atoms with Crippen molar-refractivity contribution in [3.8, 4) is 11.5 Å². The molecule has 0 spiro atoms. The molecular formula is C14H12F3NO. The van der Waals surface area contributed by atoms with Crippen LogP contribution in [0.2, 0.25) is 0 Å². The van der Waals surface area contributed by atoms with E-state index in [9.17, 15) is 13.2 Å². The highest BCUT2D eigenvalue weighted by Crippen LogP contribution is 2.31. The second-order valence-corrected chi connectivity index (χ2v) is 4.15. The first-order valence-electron chi connectivity index (χ1n) is 5.65. The topological polar surface area (TPSA) is 35.2 Å². The van der Waals surface area contributed by atoms with Crippen LogP contribution in [0.15, 0.2) is 36.4 Å². The van der Waals surface area contributed by atoms with Gasteiger partial charge in [-0.2, -0.15) is 0 Å². The number of benzene rings is 2. The van der Waals surface area contributed by atoms with Crippen LogP contribution in [0.25, 0.3) is 0 Å². The van der Waals surface area contributed by atoms with Crippen LogP contribution in [-0.4, -0.2) is 0 Å². The second-order valence-electron chi connectivity index (χ2n) is 4.15. The quantitative estimate of drug-likeness (QED) is 0.914. The van der Waals surface area contributed by atoms with Gasteiger partial charge in [0.2, 0.25) is 0 Å². The van der Waals surface area contributed by atoms with Crippen molar-refractivity contribution in [3.63, 3.8) is 0 Å². The number of halogens is 3. The Kier molecular flexibility index (Phi) is 3.76. The Labute approximate surface area is 108 Å². The molecule has 1 atom stereocenters.